The van der Waals surface area contributed by atoms with Crippen molar-refractivity contribution >= 4 is 16.7 Å². The number of anilines is 1. The second-order valence-corrected chi connectivity index (χ2v) is 5.35. The largest absolute Gasteiger partial charge is 0.369 e. The minimum atomic E-state index is 0.576. The summed E-state index contributed by atoms with van der Waals surface area (Å²) in [7, 11) is 2.15. The van der Waals surface area contributed by atoms with Crippen molar-refractivity contribution in [3.8, 4) is 0 Å². The Morgan fingerprint density at radius 2 is 2.00 bits per heavy atom. The van der Waals surface area contributed by atoms with Gasteiger partial charge in [-0.2, -0.15) is 0 Å². The summed E-state index contributed by atoms with van der Waals surface area (Å²) in [5.41, 5.74) is 2.25. The first-order chi connectivity index (χ1) is 9.08. The smallest absolute Gasteiger partial charge is 0.129 e. The second kappa shape index (κ2) is 6.02. The number of benzene rings is 1. The topological polar surface area (TPSA) is 28.2 Å². The summed E-state index contributed by atoms with van der Waals surface area (Å²) in [5.74, 6) is 0.996. The number of hydrogen-bond donors (Lipinski definition) is 1. The van der Waals surface area contributed by atoms with Gasteiger partial charge in [-0.3, -0.25) is 0 Å². The molecule has 2 aromatic rings. The van der Waals surface area contributed by atoms with E-state index in [-0.39, 0.29) is 0 Å². The molecule has 0 amide bonds. The van der Waals surface area contributed by atoms with Gasteiger partial charge in [0, 0.05) is 24.5 Å². The van der Waals surface area contributed by atoms with Gasteiger partial charge in [0.2, 0.25) is 0 Å². The molecule has 3 heteroatoms. The van der Waals surface area contributed by atoms with Crippen molar-refractivity contribution in [2.75, 3.05) is 25.5 Å². The van der Waals surface area contributed by atoms with Gasteiger partial charge in [0.1, 0.15) is 5.82 Å². The van der Waals surface area contributed by atoms with Crippen LogP contribution in [-0.2, 0) is 0 Å². The number of rotatable bonds is 5. The summed E-state index contributed by atoms with van der Waals surface area (Å²) in [6.45, 7) is 8.46. The first kappa shape index (κ1) is 13.8. The van der Waals surface area contributed by atoms with E-state index in [2.05, 4.69) is 61.2 Å². The van der Waals surface area contributed by atoms with Crippen molar-refractivity contribution < 1.29 is 0 Å². The van der Waals surface area contributed by atoms with Crippen LogP contribution < -0.4 is 5.32 Å². The van der Waals surface area contributed by atoms with Gasteiger partial charge in [0.15, 0.2) is 0 Å². The van der Waals surface area contributed by atoms with Crippen LogP contribution in [0.1, 0.15) is 19.4 Å². The van der Waals surface area contributed by atoms with E-state index in [4.69, 9.17) is 0 Å². The fraction of sp³-hybridized carbons (Fsp3) is 0.438. The molecule has 0 aliphatic carbocycles. The Morgan fingerprint density at radius 1 is 1.26 bits per heavy atom. The first-order valence-electron chi connectivity index (χ1n) is 6.88. The van der Waals surface area contributed by atoms with Crippen LogP contribution >= 0.6 is 0 Å². The highest BCUT2D eigenvalue weighted by molar-refractivity contribution is 5.81. The molecule has 0 saturated heterocycles. The summed E-state index contributed by atoms with van der Waals surface area (Å²) < 4.78 is 0. The van der Waals surface area contributed by atoms with Crippen molar-refractivity contribution in [1.82, 2.24) is 9.88 Å². The standard InChI is InChI=1S/C16H23N3/c1-12(2)19(4)10-9-17-16-13(3)11-14-7-5-6-8-15(14)18-16/h5-8,11-12H,9-10H2,1-4H3,(H,17,18). The molecule has 0 aliphatic heterocycles. The lowest BCUT2D eigenvalue weighted by atomic mass is 10.1. The number of likely N-dealkylation sites (N-methyl/N-ethyl adjacent to an activating group) is 1. The summed E-state index contributed by atoms with van der Waals surface area (Å²) in [6.07, 6.45) is 0. The zero-order valence-corrected chi connectivity index (χ0v) is 12.3. The summed E-state index contributed by atoms with van der Waals surface area (Å²) in [5, 5.41) is 4.64. The van der Waals surface area contributed by atoms with Crippen LogP contribution in [0.3, 0.4) is 0 Å². The molecule has 1 aromatic carbocycles. The van der Waals surface area contributed by atoms with Crippen LogP contribution in [0.15, 0.2) is 30.3 Å². The molecule has 0 aliphatic rings. The number of nitrogens with zero attached hydrogens (tertiary/aromatic N) is 2. The summed E-state index contributed by atoms with van der Waals surface area (Å²) in [6, 6.07) is 11.0. The molecule has 0 atom stereocenters. The van der Waals surface area contributed by atoms with E-state index >= 15 is 0 Å². The minimum Gasteiger partial charge on any atom is -0.369 e. The normalized spacial score (nSPS) is 11.5. The Balaban J connectivity index is 2.06. The van der Waals surface area contributed by atoms with E-state index in [1.807, 2.05) is 12.1 Å². The van der Waals surface area contributed by atoms with E-state index in [9.17, 15) is 0 Å². The predicted molar refractivity (Wildman–Crippen MR) is 82.7 cm³/mol. The highest BCUT2D eigenvalue weighted by atomic mass is 15.1. The molecule has 3 nitrogen and oxygen atoms in total. The third-order valence-electron chi connectivity index (χ3n) is 3.55. The van der Waals surface area contributed by atoms with Gasteiger partial charge in [-0.1, -0.05) is 18.2 Å². The molecule has 0 fully saturated rings. The van der Waals surface area contributed by atoms with Gasteiger partial charge in [-0.15, -0.1) is 0 Å². The molecule has 0 spiro atoms. The fourth-order valence-corrected chi connectivity index (χ4v) is 2.01. The lowest BCUT2D eigenvalue weighted by molar-refractivity contribution is 0.284. The Bertz CT molecular complexity index is 549. The Morgan fingerprint density at radius 3 is 2.74 bits per heavy atom. The molecule has 19 heavy (non-hydrogen) atoms. The van der Waals surface area contributed by atoms with Crippen molar-refractivity contribution in [3.05, 3.63) is 35.9 Å². The van der Waals surface area contributed by atoms with E-state index in [0.29, 0.717) is 6.04 Å². The molecule has 0 unspecified atom stereocenters. The zero-order valence-electron chi connectivity index (χ0n) is 12.3. The monoisotopic (exact) mass is 257 g/mol. The average Bonchev–Trinajstić information content (AvgIpc) is 2.39. The van der Waals surface area contributed by atoms with E-state index < -0.39 is 0 Å². The molecular formula is C16H23N3. The van der Waals surface area contributed by atoms with Crippen molar-refractivity contribution in [1.29, 1.82) is 0 Å². The van der Waals surface area contributed by atoms with Gasteiger partial charge in [0.25, 0.3) is 0 Å². The van der Waals surface area contributed by atoms with Gasteiger partial charge in [-0.25, -0.2) is 4.98 Å². The zero-order chi connectivity index (χ0) is 13.8. The van der Waals surface area contributed by atoms with Crippen LogP contribution in [-0.4, -0.2) is 36.1 Å². The van der Waals surface area contributed by atoms with Gasteiger partial charge in [-0.05, 0) is 45.5 Å². The molecule has 0 radical (unpaired) electrons. The maximum absolute atomic E-state index is 4.69. The number of nitrogens with one attached hydrogen (secondary N) is 1. The van der Waals surface area contributed by atoms with Gasteiger partial charge < -0.3 is 10.2 Å². The molecule has 0 bridgehead atoms. The third kappa shape index (κ3) is 3.44. The number of para-hydroxylation sites is 1. The molecule has 102 valence electrons. The Kier molecular flexibility index (Phi) is 4.38. The van der Waals surface area contributed by atoms with Crippen LogP contribution in [0.4, 0.5) is 5.82 Å². The van der Waals surface area contributed by atoms with Crippen LogP contribution in [0.2, 0.25) is 0 Å². The predicted octanol–water partition coefficient (Wildman–Crippen LogP) is 3.30. The van der Waals surface area contributed by atoms with Crippen molar-refractivity contribution in [2.24, 2.45) is 0 Å². The number of aryl methyl sites for hydroxylation is 1. The number of hydrogen-bond acceptors (Lipinski definition) is 3. The van der Waals surface area contributed by atoms with Crippen molar-refractivity contribution in [3.63, 3.8) is 0 Å². The Labute approximate surface area is 115 Å². The fourth-order valence-electron chi connectivity index (χ4n) is 2.01. The molecular weight excluding hydrogens is 234 g/mol. The molecule has 1 heterocycles. The van der Waals surface area contributed by atoms with Crippen molar-refractivity contribution in [2.45, 2.75) is 26.8 Å². The molecule has 1 N–H and O–H groups in total. The molecule has 0 saturated carbocycles. The first-order valence-corrected chi connectivity index (χ1v) is 6.88. The maximum atomic E-state index is 4.69. The molecule has 2 rings (SSSR count). The van der Waals surface area contributed by atoms with E-state index in [1.54, 1.807) is 0 Å². The highest BCUT2D eigenvalue weighted by Gasteiger charge is 2.05. The van der Waals surface area contributed by atoms with Gasteiger partial charge >= 0.3 is 0 Å². The second-order valence-electron chi connectivity index (χ2n) is 5.35. The summed E-state index contributed by atoms with van der Waals surface area (Å²) in [4.78, 5) is 7.01. The SMILES string of the molecule is Cc1cc2ccccc2nc1NCCN(C)C(C)C. The number of aromatic nitrogens is 1. The van der Waals surface area contributed by atoms with Crippen LogP contribution in [0, 0.1) is 6.92 Å². The summed E-state index contributed by atoms with van der Waals surface area (Å²) >= 11 is 0. The van der Waals surface area contributed by atoms with E-state index in [1.165, 1.54) is 10.9 Å². The lowest BCUT2D eigenvalue weighted by Crippen LogP contribution is -2.31. The van der Waals surface area contributed by atoms with E-state index in [0.717, 1.165) is 24.4 Å². The quantitative estimate of drug-likeness (QED) is 0.891. The number of fused-ring (bicyclic) bond motifs is 1. The third-order valence-corrected chi connectivity index (χ3v) is 3.55. The average molecular weight is 257 g/mol. The van der Waals surface area contributed by atoms with Crippen LogP contribution in [0.25, 0.3) is 10.9 Å². The Hall–Kier alpha value is -1.61. The molecule has 1 aromatic heterocycles. The number of pyridine rings is 1. The van der Waals surface area contributed by atoms with Crippen LogP contribution in [0.5, 0.6) is 0 Å². The lowest BCUT2D eigenvalue weighted by Gasteiger charge is -2.21. The maximum Gasteiger partial charge on any atom is 0.129 e. The highest BCUT2D eigenvalue weighted by Crippen LogP contribution is 2.19. The minimum absolute atomic E-state index is 0.576. The van der Waals surface area contributed by atoms with Gasteiger partial charge in [0.05, 0.1) is 5.52 Å².